The highest BCUT2D eigenvalue weighted by Crippen LogP contribution is 2.20. The molecule has 2 rings (SSSR count). The maximum Gasteiger partial charge on any atom is 0.244 e. The fraction of sp³-hybridized carbons (Fsp3) is 0.211. The van der Waals surface area contributed by atoms with Gasteiger partial charge < -0.3 is 10.1 Å². The van der Waals surface area contributed by atoms with E-state index >= 15 is 0 Å². The van der Waals surface area contributed by atoms with E-state index in [0.29, 0.717) is 0 Å². The Kier molecular flexibility index (Phi) is 5.78. The van der Waals surface area contributed by atoms with Crippen molar-refractivity contribution in [2.24, 2.45) is 0 Å². The van der Waals surface area contributed by atoms with Gasteiger partial charge in [0.2, 0.25) is 5.91 Å². The van der Waals surface area contributed by atoms with Gasteiger partial charge in [0.05, 0.1) is 13.2 Å². The van der Waals surface area contributed by atoms with Crippen LogP contribution in [0.5, 0.6) is 5.75 Å². The van der Waals surface area contributed by atoms with Crippen LogP contribution in [0.15, 0.2) is 60.7 Å². The van der Waals surface area contributed by atoms with E-state index in [0.717, 1.165) is 23.3 Å². The maximum atomic E-state index is 12.1. The average Bonchev–Trinajstić information content (AvgIpc) is 2.59. The molecule has 0 spiro atoms. The predicted octanol–water partition coefficient (Wildman–Crippen LogP) is 3.98. The average molecular weight is 295 g/mol. The molecule has 1 N–H and O–H groups in total. The van der Waals surface area contributed by atoms with Crippen molar-refractivity contribution in [3.63, 3.8) is 0 Å². The predicted molar refractivity (Wildman–Crippen MR) is 89.6 cm³/mol. The topological polar surface area (TPSA) is 38.3 Å². The second-order valence-electron chi connectivity index (χ2n) is 4.99. The molecule has 0 unspecified atom stereocenters. The summed E-state index contributed by atoms with van der Waals surface area (Å²) in [4.78, 5) is 12.1. The van der Waals surface area contributed by atoms with Crippen molar-refractivity contribution >= 4 is 12.0 Å². The minimum Gasteiger partial charge on any atom is -0.497 e. The lowest BCUT2D eigenvalue weighted by atomic mass is 10.0. The van der Waals surface area contributed by atoms with Crippen molar-refractivity contribution in [2.45, 2.75) is 19.4 Å². The Morgan fingerprint density at radius 3 is 2.41 bits per heavy atom. The van der Waals surface area contributed by atoms with Gasteiger partial charge in [-0.3, -0.25) is 4.79 Å². The van der Waals surface area contributed by atoms with Crippen LogP contribution in [0.4, 0.5) is 0 Å². The minimum atomic E-state index is -0.0912. The smallest absolute Gasteiger partial charge is 0.244 e. The van der Waals surface area contributed by atoms with Gasteiger partial charge in [-0.1, -0.05) is 49.4 Å². The second-order valence-corrected chi connectivity index (χ2v) is 4.99. The van der Waals surface area contributed by atoms with Gasteiger partial charge in [-0.05, 0) is 35.8 Å². The Balaban J connectivity index is 1.99. The van der Waals surface area contributed by atoms with E-state index in [4.69, 9.17) is 4.74 Å². The molecule has 0 aliphatic carbocycles. The Morgan fingerprint density at radius 2 is 1.82 bits per heavy atom. The molecule has 1 amide bonds. The molecule has 0 saturated heterocycles. The van der Waals surface area contributed by atoms with E-state index in [-0.39, 0.29) is 11.9 Å². The van der Waals surface area contributed by atoms with Crippen LogP contribution in [0.1, 0.15) is 30.5 Å². The summed E-state index contributed by atoms with van der Waals surface area (Å²) in [6, 6.07) is 17.5. The summed E-state index contributed by atoms with van der Waals surface area (Å²) in [6.45, 7) is 2.05. The molecular formula is C19H21NO2. The molecule has 22 heavy (non-hydrogen) atoms. The molecule has 3 nitrogen and oxygen atoms in total. The van der Waals surface area contributed by atoms with Crippen molar-refractivity contribution in [2.75, 3.05) is 7.11 Å². The fourth-order valence-electron chi connectivity index (χ4n) is 2.21. The summed E-state index contributed by atoms with van der Waals surface area (Å²) in [5, 5.41) is 3.02. The molecule has 0 heterocycles. The highest BCUT2D eigenvalue weighted by Gasteiger charge is 2.11. The van der Waals surface area contributed by atoms with Crippen LogP contribution in [0.2, 0.25) is 0 Å². The molecule has 2 aromatic carbocycles. The van der Waals surface area contributed by atoms with Gasteiger partial charge in [-0.2, -0.15) is 0 Å². The Bertz CT molecular complexity index is 618. The first kappa shape index (κ1) is 15.8. The molecule has 0 aliphatic heterocycles. The van der Waals surface area contributed by atoms with Gasteiger partial charge in [-0.15, -0.1) is 0 Å². The summed E-state index contributed by atoms with van der Waals surface area (Å²) in [5.74, 6) is 0.723. The fourth-order valence-corrected chi connectivity index (χ4v) is 2.21. The SMILES string of the molecule is CC[C@H](NC(=O)/C=C/c1ccccc1)c1ccc(OC)cc1. The first-order chi connectivity index (χ1) is 10.7. The van der Waals surface area contributed by atoms with Gasteiger partial charge >= 0.3 is 0 Å². The molecule has 0 fully saturated rings. The molecule has 2 aromatic rings. The van der Waals surface area contributed by atoms with Crippen molar-refractivity contribution in [3.8, 4) is 5.75 Å². The summed E-state index contributed by atoms with van der Waals surface area (Å²) in [6.07, 6.45) is 4.22. The first-order valence-corrected chi connectivity index (χ1v) is 7.40. The van der Waals surface area contributed by atoms with Gasteiger partial charge in [0.15, 0.2) is 0 Å². The number of methoxy groups -OCH3 is 1. The Hall–Kier alpha value is -2.55. The van der Waals surface area contributed by atoms with Crippen molar-refractivity contribution in [1.82, 2.24) is 5.32 Å². The first-order valence-electron chi connectivity index (χ1n) is 7.40. The number of nitrogens with one attached hydrogen (secondary N) is 1. The van der Waals surface area contributed by atoms with Crippen LogP contribution in [-0.4, -0.2) is 13.0 Å². The van der Waals surface area contributed by atoms with E-state index < -0.39 is 0 Å². The number of carbonyl (C=O) groups excluding carboxylic acids is 1. The standard InChI is InChI=1S/C19H21NO2/c1-3-18(16-10-12-17(22-2)13-11-16)20-19(21)14-9-15-7-5-4-6-8-15/h4-14,18H,3H2,1-2H3,(H,20,21)/b14-9+/t18-/m0/s1. The van der Waals surface area contributed by atoms with E-state index in [2.05, 4.69) is 12.2 Å². The third-order valence-corrected chi connectivity index (χ3v) is 3.47. The molecule has 0 aromatic heterocycles. The third-order valence-electron chi connectivity index (χ3n) is 3.47. The van der Waals surface area contributed by atoms with Gasteiger partial charge in [-0.25, -0.2) is 0 Å². The molecule has 3 heteroatoms. The monoisotopic (exact) mass is 295 g/mol. The summed E-state index contributed by atoms with van der Waals surface area (Å²) in [5.41, 5.74) is 2.08. The number of ether oxygens (including phenoxy) is 1. The quantitative estimate of drug-likeness (QED) is 0.819. The summed E-state index contributed by atoms with van der Waals surface area (Å²) < 4.78 is 5.15. The lowest BCUT2D eigenvalue weighted by Gasteiger charge is -2.16. The van der Waals surface area contributed by atoms with Gasteiger partial charge in [0, 0.05) is 6.08 Å². The summed E-state index contributed by atoms with van der Waals surface area (Å²) in [7, 11) is 1.64. The van der Waals surface area contributed by atoms with Crippen LogP contribution in [0, 0.1) is 0 Å². The highest BCUT2D eigenvalue weighted by atomic mass is 16.5. The molecule has 114 valence electrons. The summed E-state index contributed by atoms with van der Waals surface area (Å²) >= 11 is 0. The van der Waals surface area contributed by atoms with Crippen LogP contribution in [-0.2, 0) is 4.79 Å². The number of benzene rings is 2. The largest absolute Gasteiger partial charge is 0.497 e. The van der Waals surface area contributed by atoms with Crippen LogP contribution < -0.4 is 10.1 Å². The van der Waals surface area contributed by atoms with E-state index in [1.165, 1.54) is 0 Å². The van der Waals surface area contributed by atoms with Crippen molar-refractivity contribution in [1.29, 1.82) is 0 Å². The van der Waals surface area contributed by atoms with E-state index in [9.17, 15) is 4.79 Å². The zero-order valence-electron chi connectivity index (χ0n) is 13.0. The zero-order valence-corrected chi connectivity index (χ0v) is 13.0. The Labute approximate surface area is 131 Å². The molecule has 0 bridgehead atoms. The number of hydrogen-bond donors (Lipinski definition) is 1. The second kappa shape index (κ2) is 8.03. The van der Waals surface area contributed by atoms with Crippen LogP contribution in [0.3, 0.4) is 0 Å². The number of rotatable bonds is 6. The normalized spacial score (nSPS) is 12.1. The van der Waals surface area contributed by atoms with E-state index in [1.807, 2.05) is 60.7 Å². The van der Waals surface area contributed by atoms with Crippen molar-refractivity contribution in [3.05, 3.63) is 71.8 Å². The minimum absolute atomic E-state index is 0.00108. The van der Waals surface area contributed by atoms with Gasteiger partial charge in [0.25, 0.3) is 0 Å². The Morgan fingerprint density at radius 1 is 1.14 bits per heavy atom. The lowest BCUT2D eigenvalue weighted by molar-refractivity contribution is -0.117. The van der Waals surface area contributed by atoms with E-state index in [1.54, 1.807) is 13.2 Å². The molecule has 1 atom stereocenters. The number of carbonyl (C=O) groups is 1. The van der Waals surface area contributed by atoms with Crippen molar-refractivity contribution < 1.29 is 9.53 Å². The molecule has 0 aliphatic rings. The number of amides is 1. The molecular weight excluding hydrogens is 274 g/mol. The molecule has 0 radical (unpaired) electrons. The molecule has 0 saturated carbocycles. The zero-order chi connectivity index (χ0) is 15.8. The van der Waals surface area contributed by atoms with Crippen LogP contribution >= 0.6 is 0 Å². The van der Waals surface area contributed by atoms with Gasteiger partial charge in [0.1, 0.15) is 5.75 Å². The third kappa shape index (κ3) is 4.48. The highest BCUT2D eigenvalue weighted by molar-refractivity contribution is 5.91. The van der Waals surface area contributed by atoms with Crippen LogP contribution in [0.25, 0.3) is 6.08 Å². The number of hydrogen-bond acceptors (Lipinski definition) is 2. The lowest BCUT2D eigenvalue weighted by Crippen LogP contribution is -2.26. The maximum absolute atomic E-state index is 12.1.